The average molecular weight is 713 g/mol. The number of hydrogen-bond acceptors (Lipinski definition) is 4. The second kappa shape index (κ2) is 44.3. The first-order valence-electron chi connectivity index (χ1n) is 21.9. The highest BCUT2D eigenvalue weighted by atomic mass is 16.6. The molecule has 0 fully saturated rings. The Morgan fingerprint density at radius 3 is 1.33 bits per heavy atom. The number of allylic oxidation sites excluding steroid dienone is 10. The highest BCUT2D eigenvalue weighted by Crippen LogP contribution is 2.14. The maximum Gasteiger partial charge on any atom is 0.306 e. The predicted octanol–water partition coefficient (Wildman–Crippen LogP) is 14.4. The van der Waals surface area contributed by atoms with Crippen LogP contribution in [0.1, 0.15) is 206 Å². The number of unbranched alkanes of at least 4 members (excludes halogenated alkanes) is 22. The third-order valence-electron chi connectivity index (χ3n) is 9.33. The molecular weight excluding hydrogens is 629 g/mol. The molecule has 0 radical (unpaired) electrons. The first kappa shape index (κ1) is 49.1. The van der Waals surface area contributed by atoms with Crippen LogP contribution in [0.5, 0.6) is 0 Å². The monoisotopic (exact) mass is 713 g/mol. The zero-order chi connectivity index (χ0) is 37.0. The van der Waals surface area contributed by atoms with Gasteiger partial charge in [-0.15, -0.1) is 0 Å². The van der Waals surface area contributed by atoms with E-state index in [0.29, 0.717) is 13.0 Å². The first-order chi connectivity index (χ1) is 25.2. The molecule has 296 valence electrons. The van der Waals surface area contributed by atoms with Gasteiger partial charge in [-0.2, -0.15) is 0 Å². The van der Waals surface area contributed by atoms with Crippen molar-refractivity contribution in [3.63, 3.8) is 0 Å². The molecule has 0 aromatic carbocycles. The Morgan fingerprint density at radius 1 is 0.490 bits per heavy atom. The van der Waals surface area contributed by atoms with Gasteiger partial charge in [0.05, 0.1) is 13.2 Å². The maximum absolute atomic E-state index is 12.2. The van der Waals surface area contributed by atoms with E-state index < -0.39 is 6.10 Å². The summed E-state index contributed by atoms with van der Waals surface area (Å²) in [6, 6.07) is 0. The summed E-state index contributed by atoms with van der Waals surface area (Å²) < 4.78 is 11.2. The molecule has 0 aliphatic heterocycles. The van der Waals surface area contributed by atoms with Crippen molar-refractivity contribution in [3.05, 3.63) is 60.8 Å². The average Bonchev–Trinajstić information content (AvgIpc) is 3.14. The molecule has 0 amide bonds. The number of aliphatic hydroxyl groups is 1. The molecule has 1 atom stereocenters. The molecule has 4 heteroatoms. The van der Waals surface area contributed by atoms with Gasteiger partial charge in [-0.3, -0.25) is 4.79 Å². The van der Waals surface area contributed by atoms with Crippen LogP contribution in [0, 0.1) is 0 Å². The van der Waals surface area contributed by atoms with Gasteiger partial charge in [0.25, 0.3) is 0 Å². The minimum Gasteiger partial charge on any atom is -0.457 e. The molecule has 0 aromatic heterocycles. The molecule has 0 saturated heterocycles. The topological polar surface area (TPSA) is 55.8 Å². The fraction of sp³-hybridized carbons (Fsp3) is 0.766. The third-order valence-corrected chi connectivity index (χ3v) is 9.33. The van der Waals surface area contributed by atoms with E-state index in [1.807, 2.05) is 0 Å². The summed E-state index contributed by atoms with van der Waals surface area (Å²) >= 11 is 0. The Hall–Kier alpha value is -1.91. The highest BCUT2D eigenvalue weighted by molar-refractivity contribution is 5.69. The Kier molecular flexibility index (Phi) is 42.6. The van der Waals surface area contributed by atoms with Crippen molar-refractivity contribution >= 4 is 5.97 Å². The molecule has 0 aliphatic rings. The molecular formula is C47H84O4. The summed E-state index contributed by atoms with van der Waals surface area (Å²) in [6.45, 7) is 5.21. The largest absolute Gasteiger partial charge is 0.457 e. The minimum absolute atomic E-state index is 0.181. The van der Waals surface area contributed by atoms with Crippen LogP contribution in [0.15, 0.2) is 60.8 Å². The molecule has 1 N–H and O–H groups in total. The van der Waals surface area contributed by atoms with Gasteiger partial charge >= 0.3 is 5.97 Å². The van der Waals surface area contributed by atoms with E-state index in [4.69, 9.17) is 9.47 Å². The lowest BCUT2D eigenvalue weighted by Crippen LogP contribution is -2.27. The van der Waals surface area contributed by atoms with Crippen molar-refractivity contribution in [1.29, 1.82) is 0 Å². The molecule has 0 saturated carbocycles. The molecule has 0 rings (SSSR count). The van der Waals surface area contributed by atoms with Gasteiger partial charge in [0, 0.05) is 13.0 Å². The number of aliphatic hydroxyl groups excluding tert-OH is 1. The van der Waals surface area contributed by atoms with Crippen molar-refractivity contribution < 1.29 is 19.4 Å². The van der Waals surface area contributed by atoms with Crippen LogP contribution in [0.3, 0.4) is 0 Å². The lowest BCUT2D eigenvalue weighted by molar-refractivity contribution is -0.154. The molecule has 1 unspecified atom stereocenters. The number of esters is 1. The predicted molar refractivity (Wildman–Crippen MR) is 223 cm³/mol. The molecule has 0 aliphatic carbocycles. The number of carbonyl (C=O) groups is 1. The Morgan fingerprint density at radius 2 is 0.882 bits per heavy atom. The van der Waals surface area contributed by atoms with Crippen LogP contribution in [-0.2, 0) is 14.3 Å². The molecule has 0 heterocycles. The fourth-order valence-electron chi connectivity index (χ4n) is 6.08. The Labute approximate surface area is 317 Å². The molecule has 51 heavy (non-hydrogen) atoms. The highest BCUT2D eigenvalue weighted by Gasteiger charge is 2.13. The van der Waals surface area contributed by atoms with Gasteiger partial charge in [0.15, 0.2) is 0 Å². The summed E-state index contributed by atoms with van der Waals surface area (Å²) in [4.78, 5) is 12.2. The van der Waals surface area contributed by atoms with Crippen molar-refractivity contribution in [2.75, 3.05) is 19.8 Å². The zero-order valence-electron chi connectivity index (χ0n) is 33.9. The van der Waals surface area contributed by atoms with Gasteiger partial charge in [0.2, 0.25) is 0 Å². The number of rotatable bonds is 40. The quantitative estimate of drug-likeness (QED) is 0.0390. The van der Waals surface area contributed by atoms with E-state index in [0.717, 1.165) is 57.8 Å². The second-order valence-electron chi connectivity index (χ2n) is 14.4. The Bertz CT molecular complexity index is 839. The van der Waals surface area contributed by atoms with Gasteiger partial charge in [-0.05, 0) is 77.0 Å². The summed E-state index contributed by atoms with van der Waals surface area (Å²) in [7, 11) is 0. The number of ether oxygens (including phenoxy) is 2. The Balaban J connectivity index is 3.43. The van der Waals surface area contributed by atoms with E-state index in [1.165, 1.54) is 128 Å². The van der Waals surface area contributed by atoms with Crippen molar-refractivity contribution in [1.82, 2.24) is 0 Å². The second-order valence-corrected chi connectivity index (χ2v) is 14.4. The van der Waals surface area contributed by atoms with Crippen LogP contribution in [0.4, 0.5) is 0 Å². The van der Waals surface area contributed by atoms with Crippen molar-refractivity contribution in [2.45, 2.75) is 213 Å². The maximum atomic E-state index is 12.2. The van der Waals surface area contributed by atoms with Crippen LogP contribution in [-0.4, -0.2) is 37.0 Å². The molecule has 0 spiro atoms. The molecule has 4 nitrogen and oxygen atoms in total. The van der Waals surface area contributed by atoms with Crippen molar-refractivity contribution in [3.8, 4) is 0 Å². The standard InChI is InChI=1S/C47H84O4/c1-3-5-7-9-11-13-15-17-19-20-21-22-23-24-25-26-27-29-31-33-35-37-39-41-43-50-45-46(44-48)51-47(49)42-40-38-36-34-32-30-28-18-16-14-12-10-8-6-4-2/h6,8,12,14-15,17-18,20-21,28,46,48H,3-5,7,9-11,13,16,19,22-27,29-45H2,1-2H3/b8-6-,14-12-,17-15-,21-20-,28-18-. The van der Waals surface area contributed by atoms with E-state index in [9.17, 15) is 9.90 Å². The summed E-state index contributed by atoms with van der Waals surface area (Å²) in [6.07, 6.45) is 58.6. The van der Waals surface area contributed by atoms with Crippen molar-refractivity contribution in [2.24, 2.45) is 0 Å². The fourth-order valence-corrected chi connectivity index (χ4v) is 6.08. The third kappa shape index (κ3) is 42.4. The van der Waals surface area contributed by atoms with Gasteiger partial charge in [-0.25, -0.2) is 0 Å². The zero-order valence-corrected chi connectivity index (χ0v) is 33.9. The summed E-state index contributed by atoms with van der Waals surface area (Å²) in [5, 5.41) is 9.60. The van der Waals surface area contributed by atoms with E-state index >= 15 is 0 Å². The first-order valence-corrected chi connectivity index (χ1v) is 21.9. The lowest BCUT2D eigenvalue weighted by atomic mass is 10.0. The van der Waals surface area contributed by atoms with E-state index in [2.05, 4.69) is 74.6 Å². The smallest absolute Gasteiger partial charge is 0.306 e. The van der Waals surface area contributed by atoms with Crippen LogP contribution in [0.2, 0.25) is 0 Å². The summed E-state index contributed by atoms with van der Waals surface area (Å²) in [5.41, 5.74) is 0. The lowest BCUT2D eigenvalue weighted by Gasteiger charge is -2.15. The van der Waals surface area contributed by atoms with Gasteiger partial charge in [0.1, 0.15) is 6.10 Å². The van der Waals surface area contributed by atoms with Gasteiger partial charge < -0.3 is 14.6 Å². The normalized spacial score (nSPS) is 12.9. The summed E-state index contributed by atoms with van der Waals surface area (Å²) in [5.74, 6) is -0.218. The molecule has 0 bridgehead atoms. The number of hydrogen-bond donors (Lipinski definition) is 1. The van der Waals surface area contributed by atoms with Crippen LogP contribution in [0.25, 0.3) is 0 Å². The SMILES string of the molecule is CC/C=C\C/C=C\C/C=C\CCCCCCCC(=O)OC(CO)COCCCCCCCCCCCCCC/C=C\C/C=C\CCCCCCC. The van der Waals surface area contributed by atoms with E-state index in [1.54, 1.807) is 0 Å². The number of carbonyl (C=O) groups excluding carboxylic acids is 1. The van der Waals surface area contributed by atoms with Crippen LogP contribution < -0.4 is 0 Å². The van der Waals surface area contributed by atoms with E-state index in [-0.39, 0.29) is 19.2 Å². The van der Waals surface area contributed by atoms with Crippen LogP contribution >= 0.6 is 0 Å². The minimum atomic E-state index is -0.546. The molecule has 0 aromatic rings. The van der Waals surface area contributed by atoms with Gasteiger partial charge in [-0.1, -0.05) is 184 Å².